The highest BCUT2D eigenvalue weighted by molar-refractivity contribution is 6.05. The van der Waals surface area contributed by atoms with Gasteiger partial charge in [-0.2, -0.15) is 5.10 Å². The van der Waals surface area contributed by atoms with Crippen molar-refractivity contribution in [2.24, 2.45) is 0 Å². The largest absolute Gasteiger partial charge is 0.372 e. The minimum atomic E-state index is -0.600. The molecule has 0 radical (unpaired) electrons. The molecule has 0 aliphatic heterocycles. The number of carbonyl (C=O) groups is 1. The first-order valence-corrected chi connectivity index (χ1v) is 7.88. The molecule has 0 aliphatic rings. The van der Waals surface area contributed by atoms with Crippen molar-refractivity contribution in [3.63, 3.8) is 0 Å². The number of rotatable bonds is 7. The highest BCUT2D eigenvalue weighted by Gasteiger charge is 2.26. The van der Waals surface area contributed by atoms with Crippen molar-refractivity contribution in [2.45, 2.75) is 27.3 Å². The molecule has 0 saturated heterocycles. The van der Waals surface area contributed by atoms with E-state index in [4.69, 9.17) is 0 Å². The fourth-order valence-electron chi connectivity index (χ4n) is 2.52. The van der Waals surface area contributed by atoms with E-state index < -0.39 is 10.8 Å². The second-order valence-electron chi connectivity index (χ2n) is 5.12. The molecule has 128 valence electrons. The fraction of sp³-hybridized carbons (Fsp3) is 0.375. The number of carbonyl (C=O) groups excluding carboxylic acids is 1. The summed E-state index contributed by atoms with van der Waals surface area (Å²) in [6.07, 6.45) is 1.10. The second kappa shape index (κ2) is 7.58. The van der Waals surface area contributed by atoms with Gasteiger partial charge < -0.3 is 10.2 Å². The summed E-state index contributed by atoms with van der Waals surface area (Å²) in [4.78, 5) is 25.1. The number of aromatic nitrogens is 2. The van der Waals surface area contributed by atoms with Crippen LogP contribution in [-0.2, 0) is 6.54 Å². The van der Waals surface area contributed by atoms with E-state index in [1.54, 1.807) is 19.1 Å². The summed E-state index contributed by atoms with van der Waals surface area (Å²) in [6.45, 7) is 8.08. The van der Waals surface area contributed by atoms with Crippen LogP contribution in [0.5, 0.6) is 0 Å². The normalized spacial score (nSPS) is 10.5. The standard InChI is InChI=1S/C16H21N5O3/c1-4-19(5-2)13-9-7-12(8-10-13)18-16(22)15-14(21(23)24)11-17-20(15)6-3/h7-11H,4-6H2,1-3H3,(H,18,22). The Hall–Kier alpha value is -2.90. The summed E-state index contributed by atoms with van der Waals surface area (Å²) in [7, 11) is 0. The number of amides is 1. The Morgan fingerprint density at radius 3 is 2.38 bits per heavy atom. The van der Waals surface area contributed by atoms with Crippen molar-refractivity contribution < 1.29 is 9.72 Å². The lowest BCUT2D eigenvalue weighted by Gasteiger charge is -2.21. The van der Waals surface area contributed by atoms with Gasteiger partial charge in [-0.1, -0.05) is 0 Å². The lowest BCUT2D eigenvalue weighted by molar-refractivity contribution is -0.385. The molecule has 0 fully saturated rings. The van der Waals surface area contributed by atoms with E-state index in [1.807, 2.05) is 12.1 Å². The Labute approximate surface area is 140 Å². The molecule has 0 saturated carbocycles. The first-order valence-electron chi connectivity index (χ1n) is 7.88. The molecule has 1 aromatic carbocycles. The molecule has 8 heteroatoms. The van der Waals surface area contributed by atoms with E-state index in [0.29, 0.717) is 12.2 Å². The molecular weight excluding hydrogens is 310 g/mol. The Morgan fingerprint density at radius 1 is 1.25 bits per heavy atom. The topological polar surface area (TPSA) is 93.3 Å². The first-order chi connectivity index (χ1) is 11.5. The molecular formula is C16H21N5O3. The Balaban J connectivity index is 2.21. The molecule has 24 heavy (non-hydrogen) atoms. The molecule has 0 spiro atoms. The maximum Gasteiger partial charge on any atom is 0.320 e. The van der Waals surface area contributed by atoms with E-state index >= 15 is 0 Å². The van der Waals surface area contributed by atoms with Crippen molar-refractivity contribution >= 4 is 23.0 Å². The van der Waals surface area contributed by atoms with E-state index in [0.717, 1.165) is 25.0 Å². The minimum absolute atomic E-state index is 0.0460. The Bertz CT molecular complexity index is 720. The van der Waals surface area contributed by atoms with Gasteiger partial charge in [0.25, 0.3) is 5.91 Å². The third kappa shape index (κ3) is 3.53. The second-order valence-corrected chi connectivity index (χ2v) is 5.12. The zero-order valence-electron chi connectivity index (χ0n) is 14.0. The van der Waals surface area contributed by atoms with Gasteiger partial charge in [-0.15, -0.1) is 0 Å². The van der Waals surface area contributed by atoms with Gasteiger partial charge in [-0.25, -0.2) is 0 Å². The number of anilines is 2. The van der Waals surface area contributed by atoms with Gasteiger partial charge >= 0.3 is 5.69 Å². The Kier molecular flexibility index (Phi) is 5.51. The van der Waals surface area contributed by atoms with Gasteiger partial charge in [-0.3, -0.25) is 19.6 Å². The average molecular weight is 331 g/mol. The van der Waals surface area contributed by atoms with Crippen LogP contribution in [0.2, 0.25) is 0 Å². The predicted octanol–water partition coefficient (Wildman–Crippen LogP) is 2.91. The maximum absolute atomic E-state index is 12.4. The molecule has 0 unspecified atom stereocenters. The molecule has 0 atom stereocenters. The van der Waals surface area contributed by atoms with Crippen LogP contribution in [0.25, 0.3) is 0 Å². The van der Waals surface area contributed by atoms with E-state index in [-0.39, 0.29) is 11.4 Å². The van der Waals surface area contributed by atoms with Gasteiger partial charge in [0.15, 0.2) is 0 Å². The smallest absolute Gasteiger partial charge is 0.320 e. The van der Waals surface area contributed by atoms with Crippen LogP contribution >= 0.6 is 0 Å². The molecule has 1 aromatic heterocycles. The number of aryl methyl sites for hydroxylation is 1. The Morgan fingerprint density at radius 2 is 1.88 bits per heavy atom. The van der Waals surface area contributed by atoms with Gasteiger partial charge in [0.05, 0.1) is 4.92 Å². The minimum Gasteiger partial charge on any atom is -0.372 e. The number of hydrogen-bond donors (Lipinski definition) is 1. The molecule has 2 rings (SSSR count). The van der Waals surface area contributed by atoms with Crippen molar-refractivity contribution in [3.05, 3.63) is 46.3 Å². The van der Waals surface area contributed by atoms with Crippen LogP contribution in [0, 0.1) is 10.1 Å². The molecule has 2 aromatic rings. The predicted molar refractivity (Wildman–Crippen MR) is 92.5 cm³/mol. The van der Waals surface area contributed by atoms with Crippen LogP contribution in [0.4, 0.5) is 17.1 Å². The average Bonchev–Trinajstić information content (AvgIpc) is 3.02. The van der Waals surface area contributed by atoms with Gasteiger partial charge in [0.2, 0.25) is 5.69 Å². The van der Waals surface area contributed by atoms with Crippen molar-refractivity contribution in [2.75, 3.05) is 23.3 Å². The highest BCUT2D eigenvalue weighted by Crippen LogP contribution is 2.21. The number of nitro groups is 1. The van der Waals surface area contributed by atoms with Crippen LogP contribution in [0.3, 0.4) is 0 Å². The van der Waals surface area contributed by atoms with Gasteiger partial charge in [0.1, 0.15) is 6.20 Å². The van der Waals surface area contributed by atoms with Gasteiger partial charge in [-0.05, 0) is 45.0 Å². The number of nitrogens with one attached hydrogen (secondary N) is 1. The molecule has 1 amide bonds. The van der Waals surface area contributed by atoms with E-state index in [2.05, 4.69) is 29.2 Å². The van der Waals surface area contributed by atoms with Crippen LogP contribution in [0.15, 0.2) is 30.5 Å². The van der Waals surface area contributed by atoms with Gasteiger partial charge in [0, 0.05) is 31.0 Å². The number of nitrogens with zero attached hydrogens (tertiary/aromatic N) is 4. The lowest BCUT2D eigenvalue weighted by atomic mass is 10.2. The van der Waals surface area contributed by atoms with Crippen LogP contribution in [0.1, 0.15) is 31.3 Å². The highest BCUT2D eigenvalue weighted by atomic mass is 16.6. The summed E-state index contributed by atoms with van der Waals surface area (Å²) in [6, 6.07) is 7.39. The third-order valence-electron chi connectivity index (χ3n) is 3.79. The van der Waals surface area contributed by atoms with Crippen molar-refractivity contribution in [1.82, 2.24) is 9.78 Å². The van der Waals surface area contributed by atoms with Crippen LogP contribution in [-0.4, -0.2) is 33.7 Å². The molecule has 1 N–H and O–H groups in total. The summed E-state index contributed by atoms with van der Waals surface area (Å²) < 4.78 is 1.32. The molecule has 8 nitrogen and oxygen atoms in total. The fourth-order valence-corrected chi connectivity index (χ4v) is 2.52. The van der Waals surface area contributed by atoms with Crippen LogP contribution < -0.4 is 10.2 Å². The van der Waals surface area contributed by atoms with Crippen molar-refractivity contribution in [1.29, 1.82) is 0 Å². The molecule has 0 bridgehead atoms. The monoisotopic (exact) mass is 331 g/mol. The SMILES string of the molecule is CCN(CC)c1ccc(NC(=O)c2c([N+](=O)[O-])cnn2CC)cc1. The lowest BCUT2D eigenvalue weighted by Crippen LogP contribution is -2.22. The zero-order valence-corrected chi connectivity index (χ0v) is 14.0. The van der Waals surface area contributed by atoms with Crippen molar-refractivity contribution in [3.8, 4) is 0 Å². The van der Waals surface area contributed by atoms with E-state index in [9.17, 15) is 14.9 Å². The molecule has 1 heterocycles. The molecule has 0 aliphatic carbocycles. The quantitative estimate of drug-likeness (QED) is 0.622. The summed E-state index contributed by atoms with van der Waals surface area (Å²) in [5.74, 6) is -0.545. The maximum atomic E-state index is 12.4. The summed E-state index contributed by atoms with van der Waals surface area (Å²) in [5, 5.41) is 17.6. The third-order valence-corrected chi connectivity index (χ3v) is 3.79. The first kappa shape index (κ1) is 17.5. The summed E-state index contributed by atoms with van der Waals surface area (Å²) >= 11 is 0. The summed E-state index contributed by atoms with van der Waals surface area (Å²) in [5.41, 5.74) is 1.29. The zero-order chi connectivity index (χ0) is 17.7. The number of hydrogen-bond acceptors (Lipinski definition) is 5. The number of benzene rings is 1. The van der Waals surface area contributed by atoms with E-state index in [1.165, 1.54) is 4.68 Å².